The monoisotopic (exact) mass is 280 g/mol. The number of halogens is 3. The second-order valence-electron chi connectivity index (χ2n) is 3.22. The summed E-state index contributed by atoms with van der Waals surface area (Å²) in [6.07, 6.45) is -4.32. The standard InChI is InChI=1S/C10H11F3N2O2S/c11-10(12,13)7-2-1-3-8(6-7)18-5-4-9(16)17-15-14/h1-3,6,15H,4-5,14H2. The third-order valence-electron chi connectivity index (χ3n) is 1.91. The highest BCUT2D eigenvalue weighted by molar-refractivity contribution is 7.99. The first-order valence-corrected chi connectivity index (χ1v) is 5.87. The zero-order chi connectivity index (χ0) is 13.6. The van der Waals surface area contributed by atoms with Gasteiger partial charge < -0.3 is 4.84 Å². The fraction of sp³-hybridized carbons (Fsp3) is 0.300. The van der Waals surface area contributed by atoms with Crippen molar-refractivity contribution in [3.05, 3.63) is 29.8 Å². The molecular weight excluding hydrogens is 269 g/mol. The van der Waals surface area contributed by atoms with Crippen molar-refractivity contribution in [2.75, 3.05) is 5.75 Å². The Morgan fingerprint density at radius 3 is 2.78 bits per heavy atom. The summed E-state index contributed by atoms with van der Waals surface area (Å²) in [4.78, 5) is 15.6. The van der Waals surface area contributed by atoms with Gasteiger partial charge in [-0.1, -0.05) is 11.7 Å². The number of benzene rings is 1. The molecule has 0 saturated heterocycles. The highest BCUT2D eigenvalue weighted by Crippen LogP contribution is 2.31. The Labute approximate surface area is 106 Å². The minimum absolute atomic E-state index is 0.0467. The number of hydrogen-bond donors (Lipinski definition) is 2. The molecule has 1 rings (SSSR count). The maximum absolute atomic E-state index is 12.4. The van der Waals surface area contributed by atoms with Gasteiger partial charge in [0.1, 0.15) is 0 Å². The van der Waals surface area contributed by atoms with Gasteiger partial charge >= 0.3 is 12.1 Å². The average Bonchev–Trinajstić information content (AvgIpc) is 2.29. The van der Waals surface area contributed by atoms with E-state index in [1.807, 2.05) is 0 Å². The van der Waals surface area contributed by atoms with E-state index in [0.717, 1.165) is 23.9 Å². The number of thioether (sulfide) groups is 1. The summed E-state index contributed by atoms with van der Waals surface area (Å²) in [5, 5.41) is 0. The molecule has 1 aromatic rings. The van der Waals surface area contributed by atoms with Crippen molar-refractivity contribution in [1.82, 2.24) is 5.59 Å². The van der Waals surface area contributed by atoms with Gasteiger partial charge in [-0.3, -0.25) is 4.79 Å². The van der Waals surface area contributed by atoms with Gasteiger partial charge in [-0.15, -0.1) is 11.8 Å². The third kappa shape index (κ3) is 4.94. The number of nitrogens with two attached hydrogens (primary N) is 1. The van der Waals surface area contributed by atoms with Crippen molar-refractivity contribution in [1.29, 1.82) is 0 Å². The van der Waals surface area contributed by atoms with Crippen LogP contribution in [0.1, 0.15) is 12.0 Å². The predicted molar refractivity (Wildman–Crippen MR) is 60.2 cm³/mol. The molecule has 100 valence electrons. The van der Waals surface area contributed by atoms with Gasteiger partial charge in [0.2, 0.25) is 0 Å². The van der Waals surface area contributed by atoms with Crippen LogP contribution in [0.3, 0.4) is 0 Å². The molecule has 0 bridgehead atoms. The summed E-state index contributed by atoms with van der Waals surface area (Å²) in [5.74, 6) is 4.49. The second-order valence-corrected chi connectivity index (χ2v) is 4.38. The molecule has 8 heteroatoms. The zero-order valence-corrected chi connectivity index (χ0v) is 9.98. The second kappa shape index (κ2) is 6.62. The molecule has 0 amide bonds. The lowest BCUT2D eigenvalue weighted by atomic mass is 10.2. The summed E-state index contributed by atoms with van der Waals surface area (Å²) < 4.78 is 37.2. The SMILES string of the molecule is NNOC(=O)CCSc1cccc(C(F)(F)F)c1. The van der Waals surface area contributed by atoms with Crippen LogP contribution in [0.25, 0.3) is 0 Å². The van der Waals surface area contributed by atoms with Crippen molar-refractivity contribution in [2.24, 2.45) is 5.84 Å². The molecule has 0 unspecified atom stereocenters. The lowest BCUT2D eigenvalue weighted by molar-refractivity contribution is -0.150. The van der Waals surface area contributed by atoms with Crippen molar-refractivity contribution in [3.8, 4) is 0 Å². The van der Waals surface area contributed by atoms with Crippen molar-refractivity contribution < 1.29 is 22.8 Å². The quantitative estimate of drug-likeness (QED) is 0.491. The number of hydrazine groups is 1. The van der Waals surface area contributed by atoms with Crippen LogP contribution >= 0.6 is 11.8 Å². The molecule has 18 heavy (non-hydrogen) atoms. The zero-order valence-electron chi connectivity index (χ0n) is 9.16. The first-order valence-electron chi connectivity index (χ1n) is 4.89. The Kier molecular flexibility index (Phi) is 5.45. The first-order chi connectivity index (χ1) is 8.43. The highest BCUT2D eigenvalue weighted by Gasteiger charge is 2.30. The van der Waals surface area contributed by atoms with E-state index < -0.39 is 17.7 Å². The van der Waals surface area contributed by atoms with Crippen LogP contribution in [-0.2, 0) is 15.8 Å². The van der Waals surface area contributed by atoms with Crippen LogP contribution in [-0.4, -0.2) is 11.7 Å². The first kappa shape index (κ1) is 14.8. The maximum atomic E-state index is 12.4. The van der Waals surface area contributed by atoms with Gasteiger partial charge in [-0.25, -0.2) is 5.84 Å². The molecule has 0 aromatic heterocycles. The molecule has 0 radical (unpaired) electrons. The van der Waals surface area contributed by atoms with Crippen LogP contribution in [0.5, 0.6) is 0 Å². The van der Waals surface area contributed by atoms with E-state index in [0.29, 0.717) is 10.6 Å². The molecule has 0 spiro atoms. The maximum Gasteiger partial charge on any atom is 0.416 e. The number of rotatable bonds is 5. The van der Waals surface area contributed by atoms with Crippen LogP contribution in [0.15, 0.2) is 29.2 Å². The van der Waals surface area contributed by atoms with Gasteiger partial charge in [-0.2, -0.15) is 13.2 Å². The molecule has 4 nitrogen and oxygen atoms in total. The van der Waals surface area contributed by atoms with Gasteiger partial charge in [0.25, 0.3) is 0 Å². The highest BCUT2D eigenvalue weighted by atomic mass is 32.2. The molecule has 0 heterocycles. The van der Waals surface area contributed by atoms with E-state index in [4.69, 9.17) is 5.84 Å². The van der Waals surface area contributed by atoms with E-state index >= 15 is 0 Å². The smallest absolute Gasteiger partial charge is 0.356 e. The molecule has 0 aliphatic rings. The number of alkyl halides is 3. The van der Waals surface area contributed by atoms with Crippen LogP contribution in [0.2, 0.25) is 0 Å². The fourth-order valence-electron chi connectivity index (χ4n) is 1.13. The molecule has 0 fully saturated rings. The van der Waals surface area contributed by atoms with E-state index in [9.17, 15) is 18.0 Å². The summed E-state index contributed by atoms with van der Waals surface area (Å²) in [6.45, 7) is 0. The van der Waals surface area contributed by atoms with E-state index in [-0.39, 0.29) is 6.42 Å². The van der Waals surface area contributed by atoms with Gasteiger partial charge in [-0.05, 0) is 18.2 Å². The van der Waals surface area contributed by atoms with Crippen molar-refractivity contribution >= 4 is 17.7 Å². The minimum atomic E-state index is -4.36. The largest absolute Gasteiger partial charge is 0.416 e. The fourth-order valence-corrected chi connectivity index (χ4v) is 2.02. The van der Waals surface area contributed by atoms with E-state index in [1.54, 1.807) is 11.7 Å². The molecule has 0 aliphatic carbocycles. The molecule has 0 aliphatic heterocycles. The van der Waals surface area contributed by atoms with Crippen LogP contribution in [0, 0.1) is 0 Å². The predicted octanol–water partition coefficient (Wildman–Crippen LogP) is 2.11. The molecule has 3 N–H and O–H groups in total. The molecule has 0 saturated carbocycles. The van der Waals surface area contributed by atoms with E-state index in [1.165, 1.54) is 6.07 Å². The van der Waals surface area contributed by atoms with Crippen LogP contribution < -0.4 is 11.4 Å². The Morgan fingerprint density at radius 2 is 2.17 bits per heavy atom. The number of nitrogens with one attached hydrogen (secondary N) is 1. The topological polar surface area (TPSA) is 64.3 Å². The normalized spacial score (nSPS) is 11.3. The number of hydrogen-bond acceptors (Lipinski definition) is 5. The minimum Gasteiger partial charge on any atom is -0.356 e. The molecule has 0 atom stereocenters. The average molecular weight is 280 g/mol. The molecule has 1 aromatic carbocycles. The third-order valence-corrected chi connectivity index (χ3v) is 2.90. The van der Waals surface area contributed by atoms with Gasteiger partial charge in [0.05, 0.1) is 12.0 Å². The van der Waals surface area contributed by atoms with Crippen LogP contribution in [0.4, 0.5) is 13.2 Å². The Morgan fingerprint density at radius 1 is 1.44 bits per heavy atom. The van der Waals surface area contributed by atoms with Crippen molar-refractivity contribution in [2.45, 2.75) is 17.5 Å². The van der Waals surface area contributed by atoms with Gasteiger partial charge in [0.15, 0.2) is 0 Å². The Balaban J connectivity index is 2.51. The Hall–Kier alpha value is -1.25. The van der Waals surface area contributed by atoms with Crippen molar-refractivity contribution in [3.63, 3.8) is 0 Å². The van der Waals surface area contributed by atoms with E-state index in [2.05, 4.69) is 4.84 Å². The number of carbonyl (C=O) groups excluding carboxylic acids is 1. The summed E-state index contributed by atoms with van der Waals surface area (Å²) in [5.41, 5.74) is 1.03. The lowest BCUT2D eigenvalue weighted by Crippen LogP contribution is -2.26. The summed E-state index contributed by atoms with van der Waals surface area (Å²) >= 11 is 1.14. The number of carbonyl (C=O) groups is 1. The summed E-state index contributed by atoms with van der Waals surface area (Å²) in [6, 6.07) is 4.91. The molecular formula is C10H11F3N2O2S. The Bertz CT molecular complexity index is 412. The lowest BCUT2D eigenvalue weighted by Gasteiger charge is -2.08. The summed E-state index contributed by atoms with van der Waals surface area (Å²) in [7, 11) is 0. The van der Waals surface area contributed by atoms with Gasteiger partial charge in [0, 0.05) is 10.6 Å².